The zero-order valence-electron chi connectivity index (χ0n) is 9.76. The van der Waals surface area contributed by atoms with Gasteiger partial charge in [-0.1, -0.05) is 12.1 Å². The fourth-order valence-electron chi connectivity index (χ4n) is 2.58. The molecular formula is C13H17N3O. The van der Waals surface area contributed by atoms with E-state index >= 15 is 0 Å². The molecule has 1 atom stereocenters. The molecule has 0 saturated carbocycles. The number of para-hydroxylation sites is 2. The number of aromatic amines is 1. The third kappa shape index (κ3) is 2.06. The minimum atomic E-state index is 0.250. The smallest absolute Gasteiger partial charge is 0.121 e. The van der Waals surface area contributed by atoms with E-state index in [0.29, 0.717) is 6.04 Å². The molecule has 0 unspecified atom stereocenters. The molecule has 0 spiro atoms. The molecule has 17 heavy (non-hydrogen) atoms. The second-order valence-corrected chi connectivity index (χ2v) is 4.65. The number of H-pyrrole nitrogens is 1. The number of aliphatic hydroxyl groups excluding tert-OH is 1. The number of nitrogens with zero attached hydrogens (tertiary/aromatic N) is 2. The number of likely N-dealkylation sites (tertiary alicyclic amines) is 1. The third-order valence-corrected chi connectivity index (χ3v) is 3.50. The molecule has 2 aromatic rings. The number of imidazole rings is 1. The molecule has 2 heterocycles. The summed E-state index contributed by atoms with van der Waals surface area (Å²) in [7, 11) is 0. The Hall–Kier alpha value is -1.39. The molecule has 1 aromatic heterocycles. The molecule has 4 heteroatoms. The first kappa shape index (κ1) is 10.7. The Labute approximate surface area is 100 Å². The summed E-state index contributed by atoms with van der Waals surface area (Å²) < 4.78 is 0. The Kier molecular flexibility index (Phi) is 2.82. The Morgan fingerprint density at radius 1 is 1.41 bits per heavy atom. The maximum Gasteiger partial charge on any atom is 0.121 e. The Balaban J connectivity index is 1.80. The summed E-state index contributed by atoms with van der Waals surface area (Å²) in [6.07, 6.45) is 2.27. The summed E-state index contributed by atoms with van der Waals surface area (Å²) in [6, 6.07) is 8.38. The predicted octanol–water partition coefficient (Wildman–Crippen LogP) is 1.52. The van der Waals surface area contributed by atoms with Crippen molar-refractivity contribution in [1.29, 1.82) is 0 Å². The van der Waals surface area contributed by atoms with Crippen molar-refractivity contribution in [1.82, 2.24) is 14.9 Å². The minimum absolute atomic E-state index is 0.250. The lowest BCUT2D eigenvalue weighted by Crippen LogP contribution is -2.31. The average molecular weight is 231 g/mol. The lowest BCUT2D eigenvalue weighted by molar-refractivity contribution is 0.151. The van der Waals surface area contributed by atoms with Gasteiger partial charge in [-0.25, -0.2) is 4.98 Å². The summed E-state index contributed by atoms with van der Waals surface area (Å²) in [5.41, 5.74) is 2.10. The van der Waals surface area contributed by atoms with Crippen LogP contribution >= 0.6 is 0 Å². The molecular weight excluding hydrogens is 214 g/mol. The summed E-state index contributed by atoms with van der Waals surface area (Å²) in [5.74, 6) is 0.992. The van der Waals surface area contributed by atoms with Crippen molar-refractivity contribution in [2.24, 2.45) is 0 Å². The lowest BCUT2D eigenvalue weighted by atomic mass is 10.2. The topological polar surface area (TPSA) is 52.1 Å². The largest absolute Gasteiger partial charge is 0.395 e. The van der Waals surface area contributed by atoms with E-state index in [1.807, 2.05) is 24.3 Å². The number of fused-ring (bicyclic) bond motifs is 1. The van der Waals surface area contributed by atoms with Crippen LogP contribution in [0.2, 0.25) is 0 Å². The Morgan fingerprint density at radius 3 is 3.12 bits per heavy atom. The van der Waals surface area contributed by atoms with E-state index in [0.717, 1.165) is 36.4 Å². The maximum atomic E-state index is 9.28. The zero-order valence-corrected chi connectivity index (χ0v) is 9.76. The SMILES string of the molecule is OC[C@@H]1CCCN1Cc1nc2ccccc2[nH]1. The van der Waals surface area contributed by atoms with Gasteiger partial charge in [-0.3, -0.25) is 4.90 Å². The monoisotopic (exact) mass is 231 g/mol. The van der Waals surface area contributed by atoms with Gasteiger partial charge in [-0.05, 0) is 31.5 Å². The number of aromatic nitrogens is 2. The molecule has 4 nitrogen and oxygen atoms in total. The fourth-order valence-corrected chi connectivity index (χ4v) is 2.58. The van der Waals surface area contributed by atoms with Gasteiger partial charge in [0.1, 0.15) is 5.82 Å². The third-order valence-electron chi connectivity index (χ3n) is 3.50. The molecule has 0 bridgehead atoms. The van der Waals surface area contributed by atoms with Crippen molar-refractivity contribution in [3.63, 3.8) is 0 Å². The number of nitrogens with one attached hydrogen (secondary N) is 1. The number of aliphatic hydroxyl groups is 1. The van der Waals surface area contributed by atoms with Crippen LogP contribution in [0.3, 0.4) is 0 Å². The van der Waals surface area contributed by atoms with Gasteiger partial charge in [-0.2, -0.15) is 0 Å². The molecule has 3 rings (SSSR count). The number of hydrogen-bond acceptors (Lipinski definition) is 3. The van der Waals surface area contributed by atoms with E-state index in [9.17, 15) is 5.11 Å². The number of rotatable bonds is 3. The van der Waals surface area contributed by atoms with E-state index in [2.05, 4.69) is 14.9 Å². The molecule has 1 fully saturated rings. The normalized spacial score (nSPS) is 21.4. The van der Waals surface area contributed by atoms with Gasteiger partial charge >= 0.3 is 0 Å². The summed E-state index contributed by atoms with van der Waals surface area (Å²) in [5, 5.41) is 9.28. The van der Waals surface area contributed by atoms with E-state index in [-0.39, 0.29) is 6.61 Å². The highest BCUT2D eigenvalue weighted by molar-refractivity contribution is 5.74. The van der Waals surface area contributed by atoms with Crippen LogP contribution in [0.25, 0.3) is 11.0 Å². The minimum Gasteiger partial charge on any atom is -0.395 e. The van der Waals surface area contributed by atoms with Gasteiger partial charge in [0.15, 0.2) is 0 Å². The first-order valence-electron chi connectivity index (χ1n) is 6.15. The van der Waals surface area contributed by atoms with Crippen LogP contribution in [-0.2, 0) is 6.54 Å². The van der Waals surface area contributed by atoms with Crippen LogP contribution in [-0.4, -0.2) is 39.2 Å². The van der Waals surface area contributed by atoms with Crippen molar-refractivity contribution >= 4 is 11.0 Å². The van der Waals surface area contributed by atoms with Gasteiger partial charge in [0.05, 0.1) is 24.2 Å². The first-order valence-corrected chi connectivity index (χ1v) is 6.15. The molecule has 90 valence electrons. The van der Waals surface area contributed by atoms with Crippen LogP contribution in [0, 0.1) is 0 Å². The van der Waals surface area contributed by atoms with Gasteiger partial charge < -0.3 is 10.1 Å². The van der Waals surface area contributed by atoms with Crippen molar-refractivity contribution < 1.29 is 5.11 Å². The van der Waals surface area contributed by atoms with E-state index in [4.69, 9.17) is 0 Å². The van der Waals surface area contributed by atoms with Crippen LogP contribution in [0.15, 0.2) is 24.3 Å². The van der Waals surface area contributed by atoms with Crippen LogP contribution in [0.5, 0.6) is 0 Å². The second-order valence-electron chi connectivity index (χ2n) is 4.65. The van der Waals surface area contributed by atoms with Gasteiger partial charge in [0, 0.05) is 6.04 Å². The summed E-state index contributed by atoms with van der Waals surface area (Å²) >= 11 is 0. The summed E-state index contributed by atoms with van der Waals surface area (Å²) in [6.45, 7) is 2.11. The highest BCUT2D eigenvalue weighted by atomic mass is 16.3. The molecule has 0 aliphatic carbocycles. The Morgan fingerprint density at radius 2 is 2.29 bits per heavy atom. The van der Waals surface area contributed by atoms with E-state index < -0.39 is 0 Å². The van der Waals surface area contributed by atoms with Crippen LogP contribution < -0.4 is 0 Å². The molecule has 1 aromatic carbocycles. The zero-order chi connectivity index (χ0) is 11.7. The molecule has 0 radical (unpaired) electrons. The van der Waals surface area contributed by atoms with E-state index in [1.165, 1.54) is 6.42 Å². The quantitative estimate of drug-likeness (QED) is 0.842. The number of hydrogen-bond donors (Lipinski definition) is 2. The summed E-state index contributed by atoms with van der Waals surface area (Å²) in [4.78, 5) is 10.2. The van der Waals surface area contributed by atoms with Crippen molar-refractivity contribution in [2.45, 2.75) is 25.4 Å². The van der Waals surface area contributed by atoms with E-state index in [1.54, 1.807) is 0 Å². The molecule has 0 amide bonds. The molecule has 1 aliphatic heterocycles. The molecule has 1 saturated heterocycles. The fraction of sp³-hybridized carbons (Fsp3) is 0.462. The predicted molar refractivity (Wildman–Crippen MR) is 66.6 cm³/mol. The first-order chi connectivity index (χ1) is 8.36. The molecule has 2 N–H and O–H groups in total. The van der Waals surface area contributed by atoms with Crippen molar-refractivity contribution in [3.8, 4) is 0 Å². The highest BCUT2D eigenvalue weighted by Gasteiger charge is 2.24. The van der Waals surface area contributed by atoms with Crippen LogP contribution in [0.1, 0.15) is 18.7 Å². The number of benzene rings is 1. The van der Waals surface area contributed by atoms with Gasteiger partial charge in [-0.15, -0.1) is 0 Å². The van der Waals surface area contributed by atoms with Crippen molar-refractivity contribution in [2.75, 3.05) is 13.2 Å². The molecule has 1 aliphatic rings. The van der Waals surface area contributed by atoms with Crippen LogP contribution in [0.4, 0.5) is 0 Å². The standard InChI is InChI=1S/C13H17N3O/c17-9-10-4-3-7-16(10)8-13-14-11-5-1-2-6-12(11)15-13/h1-2,5-6,10,17H,3-4,7-9H2,(H,14,15)/t10-/m0/s1. The second kappa shape index (κ2) is 4.47. The highest BCUT2D eigenvalue weighted by Crippen LogP contribution is 2.19. The van der Waals surface area contributed by atoms with Gasteiger partial charge in [0.25, 0.3) is 0 Å². The van der Waals surface area contributed by atoms with Crippen molar-refractivity contribution in [3.05, 3.63) is 30.1 Å². The maximum absolute atomic E-state index is 9.28. The Bertz CT molecular complexity index is 475. The van der Waals surface area contributed by atoms with Gasteiger partial charge in [0.2, 0.25) is 0 Å². The lowest BCUT2D eigenvalue weighted by Gasteiger charge is -2.21. The average Bonchev–Trinajstić information content (AvgIpc) is 2.94.